The van der Waals surface area contributed by atoms with Gasteiger partial charge in [0.05, 0.1) is 0 Å². The summed E-state index contributed by atoms with van der Waals surface area (Å²) in [4.78, 5) is 0. The first-order chi connectivity index (χ1) is 15.6. The monoisotopic (exact) mass is 427 g/mol. The lowest BCUT2D eigenvalue weighted by Gasteiger charge is -2.10. The fraction of sp³-hybridized carbons (Fsp3) is 0.0370. The van der Waals surface area contributed by atoms with E-state index in [-0.39, 0.29) is 11.6 Å². The molecule has 5 heteroatoms. The van der Waals surface area contributed by atoms with E-state index in [1.807, 2.05) is 36.4 Å². The Bertz CT molecular complexity index is 1370. The zero-order valence-electron chi connectivity index (χ0n) is 17.2. The van der Waals surface area contributed by atoms with Gasteiger partial charge in [-0.2, -0.15) is 0 Å². The molecule has 0 radical (unpaired) electrons. The van der Waals surface area contributed by atoms with E-state index in [4.69, 9.17) is 9.15 Å². The van der Waals surface area contributed by atoms with Gasteiger partial charge in [-0.1, -0.05) is 24.3 Å². The third-order valence-electron chi connectivity index (χ3n) is 5.25. The summed E-state index contributed by atoms with van der Waals surface area (Å²) in [5.41, 5.74) is 4.47. The first-order valence-electron chi connectivity index (χ1n) is 10.1. The second-order valence-electron chi connectivity index (χ2n) is 7.39. The van der Waals surface area contributed by atoms with Crippen LogP contribution in [-0.2, 0) is 0 Å². The van der Waals surface area contributed by atoms with Crippen LogP contribution in [0, 0.1) is 11.6 Å². The van der Waals surface area contributed by atoms with Gasteiger partial charge < -0.3 is 14.5 Å². The summed E-state index contributed by atoms with van der Waals surface area (Å²) in [6, 6.07) is 26.0. The Kier molecular flexibility index (Phi) is 5.07. The van der Waals surface area contributed by atoms with Crippen molar-refractivity contribution in [3.05, 3.63) is 103 Å². The summed E-state index contributed by atoms with van der Waals surface area (Å²) >= 11 is 0. The molecule has 0 saturated heterocycles. The first kappa shape index (κ1) is 19.8. The molecule has 0 aliphatic heterocycles. The van der Waals surface area contributed by atoms with Gasteiger partial charge in [-0.25, -0.2) is 8.78 Å². The van der Waals surface area contributed by atoms with Crippen molar-refractivity contribution in [2.24, 2.45) is 0 Å². The van der Waals surface area contributed by atoms with Crippen LogP contribution in [0.5, 0.6) is 11.5 Å². The smallest absolute Gasteiger partial charge is 0.193 e. The minimum Gasteiger partial charge on any atom is -0.457 e. The van der Waals surface area contributed by atoms with Crippen LogP contribution in [0.25, 0.3) is 33.2 Å². The lowest BCUT2D eigenvalue weighted by Crippen LogP contribution is -1.86. The minimum absolute atomic E-state index is 0.284. The number of furan rings is 1. The van der Waals surface area contributed by atoms with Gasteiger partial charge in [0.2, 0.25) is 0 Å². The van der Waals surface area contributed by atoms with Gasteiger partial charge >= 0.3 is 0 Å². The van der Waals surface area contributed by atoms with Gasteiger partial charge in [-0.05, 0) is 77.4 Å². The molecule has 0 fully saturated rings. The summed E-state index contributed by atoms with van der Waals surface area (Å²) in [6.07, 6.45) is 0. The zero-order chi connectivity index (χ0) is 22.1. The summed E-state index contributed by atoms with van der Waals surface area (Å²) in [5.74, 6) is 1.29. The van der Waals surface area contributed by atoms with Crippen LogP contribution in [0.3, 0.4) is 0 Å². The van der Waals surface area contributed by atoms with Crippen molar-refractivity contribution in [2.45, 2.75) is 0 Å². The van der Waals surface area contributed by atoms with Crippen molar-refractivity contribution in [2.75, 3.05) is 12.4 Å². The van der Waals surface area contributed by atoms with E-state index in [0.29, 0.717) is 17.4 Å². The molecule has 1 heterocycles. The van der Waals surface area contributed by atoms with Crippen LogP contribution < -0.4 is 10.1 Å². The molecule has 4 aromatic carbocycles. The molecule has 1 N–H and O–H groups in total. The van der Waals surface area contributed by atoms with Crippen molar-refractivity contribution in [1.29, 1.82) is 0 Å². The number of ether oxygens (including phenoxy) is 1. The molecule has 0 spiro atoms. The predicted octanol–water partition coefficient (Wildman–Crippen LogP) is 7.88. The van der Waals surface area contributed by atoms with E-state index in [9.17, 15) is 8.78 Å². The van der Waals surface area contributed by atoms with Crippen LogP contribution in [0.15, 0.2) is 95.4 Å². The molecule has 1 aromatic heterocycles. The molecule has 158 valence electrons. The predicted molar refractivity (Wildman–Crippen MR) is 123 cm³/mol. The normalized spacial score (nSPS) is 11.0. The molecule has 5 aromatic rings. The van der Waals surface area contributed by atoms with Crippen molar-refractivity contribution in [3.63, 3.8) is 0 Å². The van der Waals surface area contributed by atoms with Crippen molar-refractivity contribution < 1.29 is 17.9 Å². The van der Waals surface area contributed by atoms with Crippen LogP contribution in [0.2, 0.25) is 0 Å². The summed E-state index contributed by atoms with van der Waals surface area (Å²) in [6.45, 7) is 0. The van der Waals surface area contributed by atoms with Gasteiger partial charge in [0.1, 0.15) is 28.7 Å². The topological polar surface area (TPSA) is 34.4 Å². The largest absolute Gasteiger partial charge is 0.457 e. The Hall–Kier alpha value is -4.12. The molecule has 0 aliphatic rings. The second-order valence-corrected chi connectivity index (χ2v) is 7.39. The van der Waals surface area contributed by atoms with Crippen molar-refractivity contribution in [1.82, 2.24) is 0 Å². The molecule has 0 bridgehead atoms. The molecule has 0 atom stereocenters. The second kappa shape index (κ2) is 8.19. The molecule has 0 amide bonds. The maximum absolute atomic E-state index is 13.5. The summed E-state index contributed by atoms with van der Waals surface area (Å²) in [7, 11) is 1.80. The maximum Gasteiger partial charge on any atom is 0.193 e. The quantitative estimate of drug-likeness (QED) is 0.310. The number of fused-ring (bicyclic) bond motifs is 1. The van der Waals surface area contributed by atoms with E-state index in [2.05, 4.69) is 11.4 Å². The number of hydrogen-bond donors (Lipinski definition) is 1. The highest BCUT2D eigenvalue weighted by Crippen LogP contribution is 2.37. The van der Waals surface area contributed by atoms with E-state index < -0.39 is 0 Å². The highest BCUT2D eigenvalue weighted by Gasteiger charge is 2.13. The third-order valence-corrected chi connectivity index (χ3v) is 5.25. The molecular formula is C27H19F2NO2. The van der Waals surface area contributed by atoms with E-state index in [0.717, 1.165) is 33.2 Å². The van der Waals surface area contributed by atoms with Gasteiger partial charge in [0.25, 0.3) is 0 Å². The Morgan fingerprint density at radius 1 is 0.656 bits per heavy atom. The van der Waals surface area contributed by atoms with Crippen LogP contribution in [0.1, 0.15) is 0 Å². The van der Waals surface area contributed by atoms with Crippen LogP contribution in [0.4, 0.5) is 14.7 Å². The standard InChI is InChI=1S/C27H19F2NO2/c1-30-26-16-20-14-19(15-25(27(20)32-26)18-2-6-21(28)7-3-18)17-4-10-23(11-5-17)31-24-12-8-22(29)9-13-24/h2-16,30H,1H3. The average Bonchev–Trinajstić information content (AvgIpc) is 3.24. The summed E-state index contributed by atoms with van der Waals surface area (Å²) < 4.78 is 38.3. The molecular weight excluding hydrogens is 408 g/mol. The molecule has 0 unspecified atom stereocenters. The molecule has 5 rings (SSSR count). The van der Waals surface area contributed by atoms with Gasteiger partial charge in [-0.15, -0.1) is 0 Å². The molecule has 0 aliphatic carbocycles. The van der Waals surface area contributed by atoms with Gasteiger partial charge in [0.15, 0.2) is 5.88 Å². The van der Waals surface area contributed by atoms with Gasteiger partial charge in [0, 0.05) is 24.1 Å². The Balaban J connectivity index is 1.53. The minimum atomic E-state index is -0.305. The first-order valence-corrected chi connectivity index (χ1v) is 10.1. The number of nitrogens with one attached hydrogen (secondary N) is 1. The van der Waals surface area contributed by atoms with Crippen LogP contribution in [-0.4, -0.2) is 7.05 Å². The molecule has 0 saturated carbocycles. The Morgan fingerprint density at radius 2 is 1.22 bits per heavy atom. The fourth-order valence-corrected chi connectivity index (χ4v) is 3.64. The zero-order valence-corrected chi connectivity index (χ0v) is 17.2. The molecule has 32 heavy (non-hydrogen) atoms. The Labute approximate surface area is 183 Å². The van der Waals surface area contributed by atoms with Gasteiger partial charge in [-0.3, -0.25) is 0 Å². The van der Waals surface area contributed by atoms with Crippen LogP contribution >= 0.6 is 0 Å². The molecule has 3 nitrogen and oxygen atoms in total. The average molecular weight is 427 g/mol. The number of halogens is 2. The number of benzene rings is 4. The summed E-state index contributed by atoms with van der Waals surface area (Å²) in [5, 5.41) is 3.97. The SMILES string of the molecule is CNc1cc2cc(-c3ccc(Oc4ccc(F)cc4)cc3)cc(-c3ccc(F)cc3)c2o1. The van der Waals surface area contributed by atoms with E-state index in [1.165, 1.54) is 24.3 Å². The van der Waals surface area contributed by atoms with Crippen molar-refractivity contribution in [3.8, 4) is 33.8 Å². The fourth-order valence-electron chi connectivity index (χ4n) is 3.64. The maximum atomic E-state index is 13.5. The van der Waals surface area contributed by atoms with Crippen molar-refractivity contribution >= 4 is 16.9 Å². The number of anilines is 1. The lowest BCUT2D eigenvalue weighted by atomic mass is 9.96. The highest BCUT2D eigenvalue weighted by atomic mass is 19.1. The number of hydrogen-bond acceptors (Lipinski definition) is 3. The lowest BCUT2D eigenvalue weighted by molar-refractivity contribution is 0.480. The van der Waals surface area contributed by atoms with E-state index >= 15 is 0 Å². The number of rotatable bonds is 5. The third kappa shape index (κ3) is 3.93. The van der Waals surface area contributed by atoms with E-state index in [1.54, 1.807) is 31.3 Å². The highest BCUT2D eigenvalue weighted by molar-refractivity contribution is 5.98. The Morgan fingerprint density at radius 3 is 1.84 bits per heavy atom.